The summed E-state index contributed by atoms with van der Waals surface area (Å²) >= 11 is 0. The van der Waals surface area contributed by atoms with Crippen molar-refractivity contribution in [2.75, 3.05) is 0 Å². The first-order chi connectivity index (χ1) is 8.65. The van der Waals surface area contributed by atoms with Gasteiger partial charge in [-0.2, -0.15) is 0 Å². The maximum Gasteiger partial charge on any atom is 0.163 e. The second kappa shape index (κ2) is 4.02. The summed E-state index contributed by atoms with van der Waals surface area (Å²) in [6, 6.07) is 8.75. The predicted octanol–water partition coefficient (Wildman–Crippen LogP) is 3.76. The van der Waals surface area contributed by atoms with Crippen molar-refractivity contribution in [3.8, 4) is 11.1 Å². The van der Waals surface area contributed by atoms with Crippen LogP contribution in [0.4, 0.5) is 8.78 Å². The van der Waals surface area contributed by atoms with Crippen molar-refractivity contribution in [2.45, 2.75) is 12.8 Å². The summed E-state index contributed by atoms with van der Waals surface area (Å²) in [5.41, 5.74) is 2.81. The summed E-state index contributed by atoms with van der Waals surface area (Å²) in [6.07, 6.45) is 1.12. The lowest BCUT2D eigenvalue weighted by Gasteiger charge is -2.08. The zero-order chi connectivity index (χ0) is 12.7. The molecule has 90 valence electrons. The highest BCUT2D eigenvalue weighted by molar-refractivity contribution is 6.02. The fourth-order valence-corrected chi connectivity index (χ4v) is 2.47. The summed E-state index contributed by atoms with van der Waals surface area (Å²) in [5.74, 6) is -1.11. The summed E-state index contributed by atoms with van der Waals surface area (Å²) in [7, 11) is 0. The number of Topliss-reactive ketones (excluding diaryl/α,β-unsaturated/α-hetero) is 1. The third-order valence-corrected chi connectivity index (χ3v) is 3.25. The van der Waals surface area contributed by atoms with E-state index in [1.165, 1.54) is 12.1 Å². The Balaban J connectivity index is 2.21. The molecule has 0 aromatic heterocycles. The number of carbonyl (C=O) groups is 1. The second-order valence-electron chi connectivity index (χ2n) is 4.41. The van der Waals surface area contributed by atoms with E-state index in [-0.39, 0.29) is 5.78 Å². The average Bonchev–Trinajstić information content (AvgIpc) is 2.70. The third kappa shape index (κ3) is 1.72. The number of hydrogen-bond donors (Lipinski definition) is 0. The number of fused-ring (bicyclic) bond motifs is 1. The van der Waals surface area contributed by atoms with Crippen LogP contribution in [0.15, 0.2) is 36.4 Å². The first-order valence-corrected chi connectivity index (χ1v) is 5.77. The van der Waals surface area contributed by atoms with Crippen molar-refractivity contribution in [1.82, 2.24) is 0 Å². The Hall–Kier alpha value is -2.03. The number of carbonyl (C=O) groups excluding carboxylic acids is 1. The van der Waals surface area contributed by atoms with Crippen molar-refractivity contribution in [1.29, 1.82) is 0 Å². The highest BCUT2D eigenvalue weighted by Gasteiger charge is 2.22. The Kier molecular flexibility index (Phi) is 2.47. The summed E-state index contributed by atoms with van der Waals surface area (Å²) in [4.78, 5) is 11.6. The van der Waals surface area contributed by atoms with Crippen LogP contribution >= 0.6 is 0 Å². The van der Waals surface area contributed by atoms with E-state index in [0.29, 0.717) is 24.0 Å². The number of ketones is 1. The molecule has 0 bridgehead atoms. The van der Waals surface area contributed by atoms with E-state index in [0.717, 1.165) is 17.2 Å². The van der Waals surface area contributed by atoms with Gasteiger partial charge in [0.2, 0.25) is 0 Å². The van der Waals surface area contributed by atoms with Gasteiger partial charge in [0.05, 0.1) is 0 Å². The monoisotopic (exact) mass is 244 g/mol. The van der Waals surface area contributed by atoms with Crippen molar-refractivity contribution >= 4 is 5.78 Å². The molecule has 18 heavy (non-hydrogen) atoms. The van der Waals surface area contributed by atoms with Gasteiger partial charge in [-0.05, 0) is 35.2 Å². The summed E-state index contributed by atoms with van der Waals surface area (Å²) < 4.78 is 26.5. The van der Waals surface area contributed by atoms with E-state index in [9.17, 15) is 13.6 Å². The van der Waals surface area contributed by atoms with Crippen molar-refractivity contribution < 1.29 is 13.6 Å². The van der Waals surface area contributed by atoms with Crippen molar-refractivity contribution in [3.63, 3.8) is 0 Å². The quantitative estimate of drug-likeness (QED) is 0.746. The van der Waals surface area contributed by atoms with E-state index in [2.05, 4.69) is 0 Å². The number of benzene rings is 2. The highest BCUT2D eigenvalue weighted by atomic mass is 19.1. The van der Waals surface area contributed by atoms with Gasteiger partial charge in [-0.1, -0.05) is 18.2 Å². The molecule has 3 rings (SSSR count). The predicted molar refractivity (Wildman–Crippen MR) is 64.4 cm³/mol. The lowest BCUT2D eigenvalue weighted by Crippen LogP contribution is -1.93. The zero-order valence-corrected chi connectivity index (χ0v) is 9.54. The largest absolute Gasteiger partial charge is 0.294 e. The van der Waals surface area contributed by atoms with Crippen LogP contribution in [0.5, 0.6) is 0 Å². The molecule has 0 spiro atoms. The van der Waals surface area contributed by atoms with E-state index in [4.69, 9.17) is 0 Å². The molecule has 0 radical (unpaired) electrons. The molecular formula is C15H10F2O. The molecule has 0 N–H and O–H groups in total. The van der Waals surface area contributed by atoms with Crippen LogP contribution in [0.3, 0.4) is 0 Å². The first kappa shape index (κ1) is 11.1. The molecule has 0 saturated heterocycles. The van der Waals surface area contributed by atoms with Crippen molar-refractivity contribution in [3.05, 3.63) is 59.2 Å². The fourth-order valence-electron chi connectivity index (χ4n) is 2.47. The van der Waals surface area contributed by atoms with Crippen LogP contribution in [-0.2, 0) is 6.42 Å². The van der Waals surface area contributed by atoms with E-state index < -0.39 is 11.6 Å². The minimum Gasteiger partial charge on any atom is -0.294 e. The maximum atomic E-state index is 13.2. The van der Waals surface area contributed by atoms with Crippen LogP contribution in [0, 0.1) is 11.6 Å². The SMILES string of the molecule is O=C1CCc2c1cccc2-c1cc(F)cc(F)c1. The van der Waals surface area contributed by atoms with Gasteiger partial charge < -0.3 is 0 Å². The Morgan fingerprint density at radius 3 is 2.28 bits per heavy atom. The van der Waals surface area contributed by atoms with Gasteiger partial charge in [-0.3, -0.25) is 4.79 Å². The van der Waals surface area contributed by atoms with Crippen LogP contribution in [0.25, 0.3) is 11.1 Å². The molecule has 1 nitrogen and oxygen atoms in total. The minimum absolute atomic E-state index is 0.101. The lowest BCUT2D eigenvalue weighted by atomic mass is 9.97. The van der Waals surface area contributed by atoms with Gasteiger partial charge in [0.15, 0.2) is 5.78 Å². The summed E-state index contributed by atoms with van der Waals surface area (Å²) in [6.45, 7) is 0. The van der Waals surface area contributed by atoms with Gasteiger partial charge in [0.1, 0.15) is 11.6 Å². The van der Waals surface area contributed by atoms with E-state index in [1.54, 1.807) is 18.2 Å². The molecule has 0 heterocycles. The van der Waals surface area contributed by atoms with Crippen LogP contribution < -0.4 is 0 Å². The topological polar surface area (TPSA) is 17.1 Å². The number of rotatable bonds is 1. The lowest BCUT2D eigenvalue weighted by molar-refractivity contribution is 0.0994. The van der Waals surface area contributed by atoms with E-state index in [1.807, 2.05) is 0 Å². The van der Waals surface area contributed by atoms with Gasteiger partial charge in [0.25, 0.3) is 0 Å². The minimum atomic E-state index is -0.605. The van der Waals surface area contributed by atoms with Gasteiger partial charge in [0, 0.05) is 18.1 Å². The third-order valence-electron chi connectivity index (χ3n) is 3.25. The van der Waals surface area contributed by atoms with Gasteiger partial charge >= 0.3 is 0 Å². The Bertz CT molecular complexity index is 627. The number of hydrogen-bond acceptors (Lipinski definition) is 1. The molecule has 1 aliphatic rings. The smallest absolute Gasteiger partial charge is 0.163 e. The molecule has 1 aliphatic carbocycles. The highest BCUT2D eigenvalue weighted by Crippen LogP contribution is 2.32. The van der Waals surface area contributed by atoms with Gasteiger partial charge in [-0.25, -0.2) is 8.78 Å². The van der Waals surface area contributed by atoms with Crippen LogP contribution in [-0.4, -0.2) is 5.78 Å². The zero-order valence-electron chi connectivity index (χ0n) is 9.54. The first-order valence-electron chi connectivity index (χ1n) is 5.77. The van der Waals surface area contributed by atoms with Crippen LogP contribution in [0.1, 0.15) is 22.3 Å². The molecular weight excluding hydrogens is 234 g/mol. The van der Waals surface area contributed by atoms with E-state index >= 15 is 0 Å². The average molecular weight is 244 g/mol. The normalized spacial score (nSPS) is 13.8. The molecule has 0 amide bonds. The second-order valence-corrected chi connectivity index (χ2v) is 4.41. The summed E-state index contributed by atoms with van der Waals surface area (Å²) in [5, 5.41) is 0. The fraction of sp³-hybridized carbons (Fsp3) is 0.133. The Morgan fingerprint density at radius 2 is 1.56 bits per heavy atom. The standard InChI is InChI=1S/C15H10F2O/c16-10-6-9(7-11(17)8-10)12-2-1-3-14-13(12)4-5-15(14)18/h1-3,6-8H,4-5H2. The molecule has 0 aliphatic heterocycles. The molecule has 2 aromatic rings. The molecule has 0 atom stereocenters. The molecule has 0 fully saturated rings. The van der Waals surface area contributed by atoms with Crippen molar-refractivity contribution in [2.24, 2.45) is 0 Å². The van der Waals surface area contributed by atoms with Crippen LogP contribution in [0.2, 0.25) is 0 Å². The molecule has 3 heteroatoms. The maximum absolute atomic E-state index is 13.2. The Labute approximate surface area is 103 Å². The molecule has 0 unspecified atom stereocenters. The molecule has 2 aromatic carbocycles. The van der Waals surface area contributed by atoms with Gasteiger partial charge in [-0.15, -0.1) is 0 Å². The molecule has 0 saturated carbocycles. The number of halogens is 2. The Morgan fingerprint density at radius 1 is 0.889 bits per heavy atom.